The van der Waals surface area contributed by atoms with E-state index in [1.54, 1.807) is 0 Å². The van der Waals surface area contributed by atoms with Gasteiger partial charge in [-0.25, -0.2) is 0 Å². The van der Waals surface area contributed by atoms with Crippen molar-refractivity contribution in [3.05, 3.63) is 0 Å². The second-order valence-electron chi connectivity index (χ2n) is 3.95. The topological polar surface area (TPSA) is 21.7 Å². The predicted molar refractivity (Wildman–Crippen MR) is 45.7 cm³/mol. The molecule has 0 atom stereocenters. The Bertz CT molecular complexity index is 156. The van der Waals surface area contributed by atoms with E-state index in [2.05, 4.69) is 18.7 Å². The summed E-state index contributed by atoms with van der Waals surface area (Å²) in [7, 11) is 0. The fourth-order valence-electron chi connectivity index (χ4n) is 1.90. The van der Waals surface area contributed by atoms with Gasteiger partial charge in [-0.2, -0.15) is 0 Å². The number of hydrogen-bond donors (Lipinski definition) is 0. The van der Waals surface area contributed by atoms with Crippen LogP contribution in [0.25, 0.3) is 0 Å². The van der Waals surface area contributed by atoms with Gasteiger partial charge in [0.25, 0.3) is 0 Å². The van der Waals surface area contributed by atoms with Gasteiger partial charge in [-0.1, -0.05) is 0 Å². The van der Waals surface area contributed by atoms with Crippen molar-refractivity contribution in [1.82, 2.24) is 4.90 Å². The molecule has 0 amide bonds. The van der Waals surface area contributed by atoms with Crippen LogP contribution in [0.15, 0.2) is 0 Å². The minimum Gasteiger partial charge on any atom is -0.324 e. The highest BCUT2D eigenvalue weighted by molar-refractivity contribution is 4.83. The first-order valence-corrected chi connectivity index (χ1v) is 4.74. The lowest BCUT2D eigenvalue weighted by molar-refractivity contribution is -0.408. The van der Waals surface area contributed by atoms with Gasteiger partial charge in [0.05, 0.1) is 0 Å². The van der Waals surface area contributed by atoms with Crippen LogP contribution in [-0.2, 0) is 9.47 Å². The summed E-state index contributed by atoms with van der Waals surface area (Å²) in [5, 5.41) is 0. The summed E-state index contributed by atoms with van der Waals surface area (Å²) in [6.07, 6.45) is 2.07. The molecule has 1 spiro atoms. The quantitative estimate of drug-likeness (QED) is 0.591. The van der Waals surface area contributed by atoms with Crippen molar-refractivity contribution in [3.8, 4) is 0 Å². The van der Waals surface area contributed by atoms with E-state index in [1.807, 2.05) is 0 Å². The van der Waals surface area contributed by atoms with E-state index in [9.17, 15) is 0 Å². The molecule has 0 saturated carbocycles. The summed E-state index contributed by atoms with van der Waals surface area (Å²) >= 11 is 0. The normalized spacial score (nSPS) is 29.2. The number of rotatable bonds is 1. The summed E-state index contributed by atoms with van der Waals surface area (Å²) in [6, 6.07) is 0.655. The van der Waals surface area contributed by atoms with Crippen LogP contribution in [0.5, 0.6) is 0 Å². The lowest BCUT2D eigenvalue weighted by Crippen LogP contribution is -2.55. The molecule has 3 heteroatoms. The number of nitrogens with zero attached hydrogens (tertiary/aromatic N) is 1. The average Bonchev–Trinajstić information content (AvgIpc) is 2.02. The van der Waals surface area contributed by atoms with Crippen LogP contribution in [0, 0.1) is 0 Å². The number of ether oxygens (including phenoxy) is 2. The molecule has 0 bridgehead atoms. The lowest BCUT2D eigenvalue weighted by atomic mass is 10.0. The zero-order valence-electron chi connectivity index (χ0n) is 7.88. The van der Waals surface area contributed by atoms with Gasteiger partial charge in [-0.05, 0) is 13.8 Å². The number of piperidine rings is 1. The molecule has 0 aliphatic carbocycles. The molecule has 0 aromatic carbocycles. The highest BCUT2D eigenvalue weighted by Crippen LogP contribution is 2.34. The minimum atomic E-state index is -0.175. The van der Waals surface area contributed by atoms with Crippen molar-refractivity contribution < 1.29 is 9.47 Å². The van der Waals surface area contributed by atoms with Gasteiger partial charge in [0.2, 0.25) is 0 Å². The van der Waals surface area contributed by atoms with Gasteiger partial charge in [0.1, 0.15) is 0 Å². The third-order valence-corrected chi connectivity index (χ3v) is 2.93. The average molecular weight is 171 g/mol. The van der Waals surface area contributed by atoms with Crippen LogP contribution in [0.2, 0.25) is 0 Å². The maximum Gasteiger partial charge on any atom is 0.176 e. The smallest absolute Gasteiger partial charge is 0.176 e. The molecular formula is C9H17NO2. The zero-order chi connectivity index (χ0) is 8.60. The van der Waals surface area contributed by atoms with Gasteiger partial charge in [-0.15, -0.1) is 0 Å². The molecule has 2 heterocycles. The van der Waals surface area contributed by atoms with E-state index in [1.165, 1.54) is 0 Å². The van der Waals surface area contributed by atoms with Gasteiger partial charge < -0.3 is 14.4 Å². The van der Waals surface area contributed by atoms with Crippen molar-refractivity contribution >= 4 is 0 Å². The molecule has 0 N–H and O–H groups in total. The van der Waals surface area contributed by atoms with Crippen molar-refractivity contribution in [2.75, 3.05) is 19.9 Å². The summed E-state index contributed by atoms with van der Waals surface area (Å²) in [5.41, 5.74) is 0. The Morgan fingerprint density at radius 2 is 1.75 bits per heavy atom. The third-order valence-electron chi connectivity index (χ3n) is 2.93. The minimum absolute atomic E-state index is 0.175. The Kier molecular flexibility index (Phi) is 2.10. The van der Waals surface area contributed by atoms with Crippen LogP contribution in [0.1, 0.15) is 26.7 Å². The zero-order valence-corrected chi connectivity index (χ0v) is 7.88. The first-order valence-electron chi connectivity index (χ1n) is 4.74. The predicted octanol–water partition coefficient (Wildman–Crippen LogP) is 1.19. The molecular weight excluding hydrogens is 154 g/mol. The second-order valence-corrected chi connectivity index (χ2v) is 3.95. The Labute approximate surface area is 73.6 Å². The van der Waals surface area contributed by atoms with Gasteiger partial charge in [0, 0.05) is 32.0 Å². The van der Waals surface area contributed by atoms with Crippen LogP contribution in [-0.4, -0.2) is 36.6 Å². The maximum absolute atomic E-state index is 5.44. The summed E-state index contributed by atoms with van der Waals surface area (Å²) in [4.78, 5) is 2.47. The highest BCUT2D eigenvalue weighted by Gasteiger charge is 2.42. The first kappa shape index (κ1) is 8.48. The van der Waals surface area contributed by atoms with Gasteiger partial charge in [-0.3, -0.25) is 0 Å². The van der Waals surface area contributed by atoms with E-state index in [4.69, 9.17) is 9.47 Å². The molecule has 2 aliphatic rings. The molecule has 2 aliphatic heterocycles. The maximum atomic E-state index is 5.44. The molecule has 12 heavy (non-hydrogen) atoms. The largest absolute Gasteiger partial charge is 0.324 e. The van der Waals surface area contributed by atoms with Gasteiger partial charge >= 0.3 is 0 Å². The Morgan fingerprint density at radius 1 is 1.17 bits per heavy atom. The van der Waals surface area contributed by atoms with E-state index in [-0.39, 0.29) is 5.79 Å². The fraction of sp³-hybridized carbons (Fsp3) is 1.00. The van der Waals surface area contributed by atoms with E-state index < -0.39 is 0 Å². The van der Waals surface area contributed by atoms with Crippen molar-refractivity contribution in [3.63, 3.8) is 0 Å². The molecule has 2 saturated heterocycles. The van der Waals surface area contributed by atoms with Crippen LogP contribution >= 0.6 is 0 Å². The van der Waals surface area contributed by atoms with Crippen LogP contribution in [0.3, 0.4) is 0 Å². The Balaban J connectivity index is 1.84. The SMILES string of the molecule is CC(C)N1CCC2(CC1)OCO2. The lowest BCUT2D eigenvalue weighted by Gasteiger charge is -2.47. The monoisotopic (exact) mass is 171 g/mol. The van der Waals surface area contributed by atoms with Crippen LogP contribution < -0.4 is 0 Å². The van der Waals surface area contributed by atoms with Crippen molar-refractivity contribution in [2.24, 2.45) is 0 Å². The molecule has 0 aromatic rings. The summed E-state index contributed by atoms with van der Waals surface area (Å²) in [5.74, 6) is -0.175. The third kappa shape index (κ3) is 1.37. The molecule has 0 aromatic heterocycles. The van der Waals surface area contributed by atoms with E-state index in [0.29, 0.717) is 12.8 Å². The molecule has 2 rings (SSSR count). The number of hydrogen-bond acceptors (Lipinski definition) is 3. The summed E-state index contributed by atoms with van der Waals surface area (Å²) in [6.45, 7) is 7.19. The van der Waals surface area contributed by atoms with E-state index >= 15 is 0 Å². The number of likely N-dealkylation sites (tertiary alicyclic amines) is 1. The molecule has 2 fully saturated rings. The van der Waals surface area contributed by atoms with E-state index in [0.717, 1.165) is 25.9 Å². The van der Waals surface area contributed by atoms with Crippen LogP contribution in [0.4, 0.5) is 0 Å². The second kappa shape index (κ2) is 2.98. The van der Waals surface area contributed by atoms with Crippen molar-refractivity contribution in [2.45, 2.75) is 38.5 Å². The molecule has 3 nitrogen and oxygen atoms in total. The first-order chi connectivity index (χ1) is 5.72. The Morgan fingerprint density at radius 3 is 2.08 bits per heavy atom. The van der Waals surface area contributed by atoms with Crippen molar-refractivity contribution in [1.29, 1.82) is 0 Å². The molecule has 0 radical (unpaired) electrons. The highest BCUT2D eigenvalue weighted by atomic mass is 16.9. The van der Waals surface area contributed by atoms with Gasteiger partial charge in [0.15, 0.2) is 12.6 Å². The summed E-state index contributed by atoms with van der Waals surface area (Å²) < 4.78 is 10.9. The molecule has 0 unspecified atom stereocenters. The standard InChI is InChI=1S/C9H17NO2/c1-8(2)10-5-3-9(4-6-10)11-7-12-9/h8H,3-7H2,1-2H3. The molecule has 70 valence electrons. The fourth-order valence-corrected chi connectivity index (χ4v) is 1.90. The Hall–Kier alpha value is -0.120.